The van der Waals surface area contributed by atoms with E-state index < -0.39 is 0 Å². The number of nitrogens with zero attached hydrogens (tertiary/aromatic N) is 2. The van der Waals surface area contributed by atoms with E-state index in [-0.39, 0.29) is 24.7 Å². The van der Waals surface area contributed by atoms with Crippen molar-refractivity contribution in [2.24, 2.45) is 0 Å². The lowest BCUT2D eigenvalue weighted by atomic mass is 10.2. The quantitative estimate of drug-likeness (QED) is 0.610. The summed E-state index contributed by atoms with van der Waals surface area (Å²) in [6, 6.07) is 11.9. The van der Waals surface area contributed by atoms with Gasteiger partial charge in [-0.3, -0.25) is 9.59 Å². The second-order valence-corrected chi connectivity index (χ2v) is 6.79. The van der Waals surface area contributed by atoms with Gasteiger partial charge in [-0.25, -0.2) is 0 Å². The average Bonchev–Trinajstić information content (AvgIpc) is 3.11. The molecule has 9 heteroatoms. The van der Waals surface area contributed by atoms with Crippen LogP contribution in [0.5, 0.6) is 0 Å². The number of carbonyl (C=O) groups is 2. The van der Waals surface area contributed by atoms with Gasteiger partial charge in [0.05, 0.1) is 10.7 Å². The van der Waals surface area contributed by atoms with Gasteiger partial charge in [-0.05, 0) is 42.5 Å². The van der Waals surface area contributed by atoms with E-state index in [9.17, 15) is 9.59 Å². The highest BCUT2D eigenvalue weighted by Gasteiger charge is 2.12. The van der Waals surface area contributed by atoms with Crippen LogP contribution >= 0.6 is 23.2 Å². The minimum Gasteiger partial charge on any atom is -0.339 e. The van der Waals surface area contributed by atoms with Crippen molar-refractivity contribution in [3.05, 3.63) is 58.4 Å². The van der Waals surface area contributed by atoms with Gasteiger partial charge < -0.3 is 15.2 Å². The summed E-state index contributed by atoms with van der Waals surface area (Å²) in [5, 5.41) is 10.2. The van der Waals surface area contributed by atoms with Crippen LogP contribution in [0.4, 0.5) is 11.4 Å². The van der Waals surface area contributed by atoms with E-state index in [1.807, 2.05) is 0 Å². The number of nitrogens with one attached hydrogen (secondary N) is 2. The number of benzene rings is 2. The Morgan fingerprint density at radius 1 is 1.07 bits per heavy atom. The van der Waals surface area contributed by atoms with E-state index in [1.54, 1.807) is 42.5 Å². The molecule has 0 aliphatic carbocycles. The molecule has 0 saturated heterocycles. The normalized spacial score (nSPS) is 10.5. The van der Waals surface area contributed by atoms with E-state index >= 15 is 0 Å². The molecule has 1 aromatic heterocycles. The summed E-state index contributed by atoms with van der Waals surface area (Å²) in [6.07, 6.45) is 0.431. The molecule has 1 heterocycles. The van der Waals surface area contributed by atoms with Gasteiger partial charge in [0, 0.05) is 36.0 Å². The van der Waals surface area contributed by atoms with E-state index in [4.69, 9.17) is 27.7 Å². The van der Waals surface area contributed by atoms with Gasteiger partial charge in [-0.2, -0.15) is 4.98 Å². The van der Waals surface area contributed by atoms with Gasteiger partial charge in [-0.15, -0.1) is 0 Å². The zero-order chi connectivity index (χ0) is 20.1. The number of amides is 2. The summed E-state index contributed by atoms with van der Waals surface area (Å²) in [6.45, 7) is 1.40. The number of hydrogen-bond acceptors (Lipinski definition) is 5. The largest absolute Gasteiger partial charge is 0.339 e. The van der Waals surface area contributed by atoms with Crippen molar-refractivity contribution in [3.63, 3.8) is 0 Å². The van der Waals surface area contributed by atoms with E-state index in [0.717, 1.165) is 5.56 Å². The van der Waals surface area contributed by atoms with Gasteiger partial charge in [0.25, 0.3) is 0 Å². The monoisotopic (exact) mass is 418 g/mol. The zero-order valence-electron chi connectivity index (χ0n) is 14.8. The van der Waals surface area contributed by atoms with Crippen LogP contribution in [0, 0.1) is 0 Å². The predicted octanol–water partition coefficient (Wildman–Crippen LogP) is 4.57. The van der Waals surface area contributed by atoms with Crippen molar-refractivity contribution in [3.8, 4) is 11.4 Å². The molecule has 0 radical (unpaired) electrons. The minimum absolute atomic E-state index is 0.145. The highest BCUT2D eigenvalue weighted by atomic mass is 35.5. The summed E-state index contributed by atoms with van der Waals surface area (Å²) in [5.74, 6) is 0.335. The van der Waals surface area contributed by atoms with Gasteiger partial charge in [0.1, 0.15) is 0 Å². The number of rotatable bonds is 6. The number of aryl methyl sites for hydroxylation is 1. The predicted molar refractivity (Wildman–Crippen MR) is 107 cm³/mol. The first-order chi connectivity index (χ1) is 13.4. The molecule has 2 aromatic carbocycles. The van der Waals surface area contributed by atoms with Crippen LogP contribution in [-0.2, 0) is 16.0 Å². The van der Waals surface area contributed by atoms with Crippen molar-refractivity contribution in [1.82, 2.24) is 10.1 Å². The Hall–Kier alpha value is -2.90. The van der Waals surface area contributed by atoms with Crippen LogP contribution in [0.15, 0.2) is 47.0 Å². The Labute approximate surface area is 171 Å². The van der Waals surface area contributed by atoms with Gasteiger partial charge in [0.2, 0.25) is 23.5 Å². The smallest absolute Gasteiger partial charge is 0.227 e. The zero-order valence-corrected chi connectivity index (χ0v) is 16.3. The molecule has 0 atom stereocenters. The fraction of sp³-hybridized carbons (Fsp3) is 0.158. The second kappa shape index (κ2) is 8.86. The molecule has 0 saturated carbocycles. The number of hydrogen-bond donors (Lipinski definition) is 2. The first-order valence-electron chi connectivity index (χ1n) is 8.36. The molecule has 0 unspecified atom stereocenters. The average molecular weight is 419 g/mol. The van der Waals surface area contributed by atoms with E-state index in [0.29, 0.717) is 33.1 Å². The topological polar surface area (TPSA) is 97.1 Å². The molecule has 0 fully saturated rings. The first kappa shape index (κ1) is 19.9. The van der Waals surface area contributed by atoms with E-state index in [1.165, 1.54) is 6.92 Å². The second-order valence-electron chi connectivity index (χ2n) is 5.94. The first-order valence-corrected chi connectivity index (χ1v) is 9.12. The molecule has 3 rings (SSSR count). The Morgan fingerprint density at radius 3 is 2.50 bits per heavy atom. The minimum atomic E-state index is -0.250. The molecule has 2 amide bonds. The molecule has 3 aromatic rings. The third-order valence-electron chi connectivity index (χ3n) is 3.70. The van der Waals surface area contributed by atoms with Crippen molar-refractivity contribution >= 4 is 46.4 Å². The SMILES string of the molecule is CC(=O)Nc1ccc(NC(=O)CCc2nc(-c3ccc(Cl)cc3)no2)c(Cl)c1. The number of aromatic nitrogens is 2. The Balaban J connectivity index is 1.56. The van der Waals surface area contributed by atoms with Gasteiger partial charge in [-0.1, -0.05) is 28.4 Å². The van der Waals surface area contributed by atoms with Crippen LogP contribution in [0.2, 0.25) is 10.0 Å². The van der Waals surface area contributed by atoms with Crippen molar-refractivity contribution in [2.45, 2.75) is 19.8 Å². The lowest BCUT2D eigenvalue weighted by molar-refractivity contribution is -0.116. The third kappa shape index (κ3) is 5.31. The maximum Gasteiger partial charge on any atom is 0.227 e. The lowest BCUT2D eigenvalue weighted by Crippen LogP contribution is -2.13. The molecular weight excluding hydrogens is 403 g/mol. The van der Waals surface area contributed by atoms with E-state index in [2.05, 4.69) is 20.8 Å². The standard InChI is InChI=1S/C19H16Cl2N4O3/c1-11(26)22-14-6-7-16(15(21)10-14)23-17(27)8-9-18-24-19(25-28-18)12-2-4-13(20)5-3-12/h2-7,10H,8-9H2,1H3,(H,22,26)(H,23,27). The number of anilines is 2. The number of halogens is 2. The highest BCUT2D eigenvalue weighted by molar-refractivity contribution is 6.34. The maximum absolute atomic E-state index is 12.2. The fourth-order valence-corrected chi connectivity index (χ4v) is 2.76. The summed E-state index contributed by atoms with van der Waals surface area (Å²) in [7, 11) is 0. The summed E-state index contributed by atoms with van der Waals surface area (Å²) >= 11 is 12.0. The van der Waals surface area contributed by atoms with Crippen LogP contribution in [-0.4, -0.2) is 22.0 Å². The molecule has 2 N–H and O–H groups in total. The molecule has 0 spiro atoms. The summed E-state index contributed by atoms with van der Waals surface area (Å²) in [4.78, 5) is 27.5. The van der Waals surface area contributed by atoms with Gasteiger partial charge in [0.15, 0.2) is 0 Å². The summed E-state index contributed by atoms with van der Waals surface area (Å²) < 4.78 is 5.19. The van der Waals surface area contributed by atoms with Crippen LogP contribution < -0.4 is 10.6 Å². The third-order valence-corrected chi connectivity index (χ3v) is 4.26. The Bertz CT molecular complexity index is 1000. The van der Waals surface area contributed by atoms with Crippen LogP contribution in [0.25, 0.3) is 11.4 Å². The molecule has 7 nitrogen and oxygen atoms in total. The molecule has 0 aliphatic heterocycles. The van der Waals surface area contributed by atoms with Gasteiger partial charge >= 0.3 is 0 Å². The molecule has 0 aliphatic rings. The molecule has 28 heavy (non-hydrogen) atoms. The molecular formula is C19H16Cl2N4O3. The lowest BCUT2D eigenvalue weighted by Gasteiger charge is -2.09. The van der Waals surface area contributed by atoms with Crippen molar-refractivity contribution in [2.75, 3.05) is 10.6 Å². The Morgan fingerprint density at radius 2 is 1.82 bits per heavy atom. The molecule has 0 bridgehead atoms. The van der Waals surface area contributed by atoms with Crippen LogP contribution in [0.1, 0.15) is 19.2 Å². The van der Waals surface area contributed by atoms with Crippen molar-refractivity contribution < 1.29 is 14.1 Å². The number of carbonyl (C=O) groups excluding carboxylic acids is 2. The van der Waals surface area contributed by atoms with Crippen LogP contribution in [0.3, 0.4) is 0 Å². The maximum atomic E-state index is 12.2. The highest BCUT2D eigenvalue weighted by Crippen LogP contribution is 2.26. The molecule has 144 valence electrons. The fourth-order valence-electron chi connectivity index (χ4n) is 2.40. The Kier molecular flexibility index (Phi) is 6.28. The summed E-state index contributed by atoms with van der Waals surface area (Å²) in [5.41, 5.74) is 1.78. The van der Waals surface area contributed by atoms with Crippen molar-refractivity contribution in [1.29, 1.82) is 0 Å².